The molecule has 0 bridgehead atoms. The first kappa shape index (κ1) is 12.5. The van der Waals surface area contributed by atoms with Gasteiger partial charge in [-0.1, -0.05) is 62.5 Å². The molecule has 0 aliphatic carbocycles. The Bertz CT molecular complexity index is 302. The van der Waals surface area contributed by atoms with E-state index in [-0.39, 0.29) is 0 Å². The zero-order valence-corrected chi connectivity index (χ0v) is 11.2. The molecule has 0 atom stereocenters. The summed E-state index contributed by atoms with van der Waals surface area (Å²) < 4.78 is 0. The third-order valence-corrected chi connectivity index (χ3v) is 8.64. The second kappa shape index (κ2) is 4.50. The molecule has 0 fully saturated rings. The van der Waals surface area contributed by atoms with Gasteiger partial charge in [0.05, 0.1) is 5.22 Å². The maximum Gasteiger partial charge on any atom is 0.116 e. The molecule has 15 heavy (non-hydrogen) atoms. The molecule has 0 saturated heterocycles. The van der Waals surface area contributed by atoms with E-state index in [1.165, 1.54) is 5.19 Å². The van der Waals surface area contributed by atoms with Crippen molar-refractivity contribution in [3.63, 3.8) is 0 Å². The summed E-state index contributed by atoms with van der Waals surface area (Å²) in [7, 11) is -1.78. The second-order valence-corrected chi connectivity index (χ2v) is 9.49. The average Bonchev–Trinajstić information content (AvgIpc) is 2.29. The van der Waals surface area contributed by atoms with E-state index in [1.54, 1.807) is 0 Å². The molecule has 2 heteroatoms. The van der Waals surface area contributed by atoms with Crippen molar-refractivity contribution in [2.45, 2.75) is 45.0 Å². The Labute approximate surface area is 94.2 Å². The van der Waals surface area contributed by atoms with E-state index in [4.69, 9.17) is 0 Å². The summed E-state index contributed by atoms with van der Waals surface area (Å²) in [4.78, 5) is 0. The highest BCUT2D eigenvalue weighted by Crippen LogP contribution is 2.27. The highest BCUT2D eigenvalue weighted by atomic mass is 28.3. The average molecular weight is 222 g/mol. The molecule has 1 aromatic rings. The standard InChI is InChI=1S/C13H22OSi/c1-5-13(14,6-2)15(3,4)12-10-8-7-9-11-12/h7-11,14H,5-6H2,1-4H3. The van der Waals surface area contributed by atoms with Crippen molar-refractivity contribution >= 4 is 13.3 Å². The predicted octanol–water partition coefficient (Wildman–Crippen LogP) is 2.69. The van der Waals surface area contributed by atoms with Gasteiger partial charge in [-0.2, -0.15) is 0 Å². The molecule has 1 aromatic carbocycles. The Hall–Kier alpha value is -0.603. The Morgan fingerprint density at radius 3 is 1.93 bits per heavy atom. The fourth-order valence-corrected chi connectivity index (χ4v) is 5.59. The van der Waals surface area contributed by atoms with E-state index in [0.29, 0.717) is 0 Å². The number of benzene rings is 1. The molecule has 0 heterocycles. The summed E-state index contributed by atoms with van der Waals surface area (Å²) in [6.45, 7) is 8.69. The molecular formula is C13H22OSi. The van der Waals surface area contributed by atoms with E-state index in [2.05, 4.69) is 51.2 Å². The van der Waals surface area contributed by atoms with Gasteiger partial charge >= 0.3 is 0 Å². The van der Waals surface area contributed by atoms with E-state index >= 15 is 0 Å². The van der Waals surface area contributed by atoms with Crippen LogP contribution in [0.3, 0.4) is 0 Å². The van der Waals surface area contributed by atoms with Crippen LogP contribution >= 0.6 is 0 Å². The lowest BCUT2D eigenvalue weighted by molar-refractivity contribution is 0.108. The summed E-state index contributed by atoms with van der Waals surface area (Å²) in [5.41, 5.74) is 0. The second-order valence-electron chi connectivity index (χ2n) is 4.73. The van der Waals surface area contributed by atoms with E-state index in [9.17, 15) is 5.11 Å². The van der Waals surface area contributed by atoms with Crippen molar-refractivity contribution < 1.29 is 5.11 Å². The van der Waals surface area contributed by atoms with Crippen LogP contribution in [0.4, 0.5) is 0 Å². The highest BCUT2D eigenvalue weighted by molar-refractivity contribution is 6.92. The lowest BCUT2D eigenvalue weighted by Gasteiger charge is -2.40. The molecule has 1 rings (SSSR count). The summed E-state index contributed by atoms with van der Waals surface area (Å²) >= 11 is 0. The molecule has 1 nitrogen and oxygen atoms in total. The summed E-state index contributed by atoms with van der Waals surface area (Å²) in [6.07, 6.45) is 1.69. The van der Waals surface area contributed by atoms with E-state index in [0.717, 1.165) is 12.8 Å². The summed E-state index contributed by atoms with van der Waals surface area (Å²) in [5.74, 6) is 0. The van der Waals surface area contributed by atoms with Crippen LogP contribution in [0.2, 0.25) is 13.1 Å². The zero-order chi connectivity index (χ0) is 11.5. The Morgan fingerprint density at radius 2 is 1.53 bits per heavy atom. The van der Waals surface area contributed by atoms with Crippen LogP contribution in [0.25, 0.3) is 0 Å². The van der Waals surface area contributed by atoms with Crippen LogP contribution in [0.15, 0.2) is 30.3 Å². The molecule has 0 saturated carbocycles. The maximum atomic E-state index is 10.7. The number of aliphatic hydroxyl groups is 1. The van der Waals surface area contributed by atoms with Crippen LogP contribution in [0.1, 0.15) is 26.7 Å². The van der Waals surface area contributed by atoms with Gasteiger partial charge in [0, 0.05) is 0 Å². The van der Waals surface area contributed by atoms with Gasteiger partial charge in [0.1, 0.15) is 8.07 Å². The van der Waals surface area contributed by atoms with Gasteiger partial charge in [-0.25, -0.2) is 0 Å². The monoisotopic (exact) mass is 222 g/mol. The van der Waals surface area contributed by atoms with Crippen LogP contribution in [0, 0.1) is 0 Å². The molecule has 0 unspecified atom stereocenters. The first-order valence-corrected chi connectivity index (χ1v) is 8.76. The predicted molar refractivity (Wildman–Crippen MR) is 69.1 cm³/mol. The minimum Gasteiger partial charge on any atom is -0.393 e. The van der Waals surface area contributed by atoms with Gasteiger partial charge in [-0.3, -0.25) is 0 Å². The molecule has 0 amide bonds. The zero-order valence-electron chi connectivity index (χ0n) is 10.2. The van der Waals surface area contributed by atoms with Crippen molar-refractivity contribution in [3.8, 4) is 0 Å². The number of hydrogen-bond donors (Lipinski definition) is 1. The third-order valence-electron chi connectivity index (χ3n) is 3.83. The van der Waals surface area contributed by atoms with Gasteiger partial charge < -0.3 is 5.11 Å². The third kappa shape index (κ3) is 2.16. The minimum atomic E-state index is -1.78. The van der Waals surface area contributed by atoms with Gasteiger partial charge in [-0.05, 0) is 12.8 Å². The van der Waals surface area contributed by atoms with Crippen LogP contribution in [0.5, 0.6) is 0 Å². The Morgan fingerprint density at radius 1 is 1.07 bits per heavy atom. The molecule has 84 valence electrons. The quantitative estimate of drug-likeness (QED) is 0.777. The van der Waals surface area contributed by atoms with Crippen LogP contribution in [-0.2, 0) is 0 Å². The SMILES string of the molecule is CCC(O)(CC)[Si](C)(C)c1ccccc1. The van der Waals surface area contributed by atoms with E-state index in [1.807, 2.05) is 6.07 Å². The van der Waals surface area contributed by atoms with Gasteiger partial charge in [0.25, 0.3) is 0 Å². The fourth-order valence-electron chi connectivity index (χ4n) is 2.26. The first-order chi connectivity index (χ1) is 6.98. The molecule has 0 spiro atoms. The summed E-state index contributed by atoms with van der Waals surface area (Å²) in [5, 5.41) is 11.5. The van der Waals surface area contributed by atoms with Crippen molar-refractivity contribution in [1.82, 2.24) is 0 Å². The van der Waals surface area contributed by atoms with Gasteiger partial charge in [-0.15, -0.1) is 0 Å². The minimum absolute atomic E-state index is 0.478. The van der Waals surface area contributed by atoms with Crippen molar-refractivity contribution in [2.75, 3.05) is 0 Å². The first-order valence-electron chi connectivity index (χ1n) is 5.76. The fraction of sp³-hybridized carbons (Fsp3) is 0.538. The van der Waals surface area contributed by atoms with Gasteiger partial charge in [0.2, 0.25) is 0 Å². The lowest BCUT2D eigenvalue weighted by atomic mass is 10.2. The van der Waals surface area contributed by atoms with Crippen molar-refractivity contribution in [3.05, 3.63) is 30.3 Å². The van der Waals surface area contributed by atoms with Crippen molar-refractivity contribution in [1.29, 1.82) is 0 Å². The summed E-state index contributed by atoms with van der Waals surface area (Å²) in [6, 6.07) is 10.5. The van der Waals surface area contributed by atoms with Gasteiger partial charge in [0.15, 0.2) is 0 Å². The van der Waals surface area contributed by atoms with Crippen LogP contribution < -0.4 is 5.19 Å². The Balaban J connectivity index is 3.12. The molecule has 0 aromatic heterocycles. The normalized spacial score (nSPS) is 12.9. The highest BCUT2D eigenvalue weighted by Gasteiger charge is 2.43. The topological polar surface area (TPSA) is 20.2 Å². The number of rotatable bonds is 4. The molecule has 0 radical (unpaired) electrons. The molecule has 1 N–H and O–H groups in total. The largest absolute Gasteiger partial charge is 0.393 e. The lowest BCUT2D eigenvalue weighted by Crippen LogP contribution is -2.61. The maximum absolute atomic E-state index is 10.7. The van der Waals surface area contributed by atoms with Crippen molar-refractivity contribution in [2.24, 2.45) is 0 Å². The number of hydrogen-bond acceptors (Lipinski definition) is 1. The molecule has 0 aliphatic heterocycles. The Kier molecular flexibility index (Phi) is 3.74. The van der Waals surface area contributed by atoms with Crippen LogP contribution in [-0.4, -0.2) is 18.4 Å². The smallest absolute Gasteiger partial charge is 0.116 e. The van der Waals surface area contributed by atoms with E-state index < -0.39 is 13.3 Å². The molecule has 0 aliphatic rings. The molecular weight excluding hydrogens is 200 g/mol.